The molecule has 0 spiro atoms. The molecule has 4 N–H and O–H groups in total. The lowest BCUT2D eigenvalue weighted by Crippen LogP contribution is -2.31. The van der Waals surface area contributed by atoms with Crippen LogP contribution in [0.15, 0.2) is 95.9 Å². The lowest BCUT2D eigenvalue weighted by Gasteiger charge is -2.21. The number of nitrogens with one attached hydrogen (secondary N) is 2. The molecule has 0 saturated heterocycles. The fourth-order valence-corrected chi connectivity index (χ4v) is 5.53. The first-order valence-corrected chi connectivity index (χ1v) is 13.9. The second kappa shape index (κ2) is 10.7. The van der Waals surface area contributed by atoms with Crippen molar-refractivity contribution in [3.05, 3.63) is 119 Å². The minimum atomic E-state index is -4.09. The summed E-state index contributed by atoms with van der Waals surface area (Å²) in [6.45, 7) is 1.32. The summed E-state index contributed by atoms with van der Waals surface area (Å²) >= 11 is 0. The summed E-state index contributed by atoms with van der Waals surface area (Å²) in [5.41, 5.74) is 6.55. The number of carbonyl (C=O) groups is 4. The van der Waals surface area contributed by atoms with Gasteiger partial charge < -0.3 is 15.8 Å². The monoisotopic (exact) mass is 569 g/mol. The molecule has 0 aromatic heterocycles. The maximum atomic E-state index is 13.2. The van der Waals surface area contributed by atoms with Crippen LogP contribution in [0.1, 0.15) is 49.1 Å². The number of ether oxygens (including phenoxy) is 1. The summed E-state index contributed by atoms with van der Waals surface area (Å²) in [5, 5.41) is 2.58. The highest BCUT2D eigenvalue weighted by molar-refractivity contribution is 7.92. The molecule has 0 radical (unpaired) electrons. The number of benzene rings is 4. The van der Waals surface area contributed by atoms with E-state index in [1.54, 1.807) is 24.3 Å². The summed E-state index contributed by atoms with van der Waals surface area (Å²) < 4.78 is 33.4. The zero-order valence-electron chi connectivity index (χ0n) is 21.6. The first-order valence-electron chi connectivity index (χ1n) is 12.4. The van der Waals surface area contributed by atoms with E-state index in [0.29, 0.717) is 0 Å². The van der Waals surface area contributed by atoms with Gasteiger partial charge in [-0.15, -0.1) is 0 Å². The molecule has 4 aromatic rings. The molecule has 1 atom stereocenters. The molecule has 41 heavy (non-hydrogen) atoms. The quantitative estimate of drug-likeness (QED) is 0.195. The molecule has 0 bridgehead atoms. The van der Waals surface area contributed by atoms with E-state index in [9.17, 15) is 27.6 Å². The summed E-state index contributed by atoms with van der Waals surface area (Å²) in [6.07, 6.45) is -1.35. The number of hydrogen-bond acceptors (Lipinski definition) is 8. The maximum Gasteiger partial charge on any atom is 0.341 e. The van der Waals surface area contributed by atoms with Crippen molar-refractivity contribution in [1.29, 1.82) is 0 Å². The van der Waals surface area contributed by atoms with Crippen molar-refractivity contribution >= 4 is 50.5 Å². The molecule has 0 heterocycles. The van der Waals surface area contributed by atoms with Gasteiger partial charge in [-0.1, -0.05) is 54.6 Å². The Morgan fingerprint density at radius 3 is 2.12 bits per heavy atom. The summed E-state index contributed by atoms with van der Waals surface area (Å²) in [5.74, 6) is -2.49. The Morgan fingerprint density at radius 1 is 0.780 bits per heavy atom. The number of sulfonamides is 1. The molecule has 206 valence electrons. The molecule has 0 saturated carbocycles. The number of amides is 1. The van der Waals surface area contributed by atoms with Crippen molar-refractivity contribution in [2.75, 3.05) is 15.8 Å². The molecule has 0 aliphatic heterocycles. The van der Waals surface area contributed by atoms with Gasteiger partial charge >= 0.3 is 5.97 Å². The van der Waals surface area contributed by atoms with Crippen LogP contribution in [-0.4, -0.2) is 38.0 Å². The molecule has 10 nitrogen and oxygen atoms in total. The predicted octanol–water partition coefficient (Wildman–Crippen LogP) is 4.03. The van der Waals surface area contributed by atoms with Crippen molar-refractivity contribution in [3.8, 4) is 0 Å². The Kier molecular flexibility index (Phi) is 7.12. The van der Waals surface area contributed by atoms with E-state index in [1.165, 1.54) is 73.7 Å². The van der Waals surface area contributed by atoms with E-state index in [0.717, 1.165) is 0 Å². The van der Waals surface area contributed by atoms with Gasteiger partial charge in [0.25, 0.3) is 15.9 Å². The number of esters is 1. The number of anilines is 3. The number of rotatable bonds is 7. The molecule has 1 amide bonds. The fourth-order valence-electron chi connectivity index (χ4n) is 4.40. The molecular formula is C30H23N3O7S. The van der Waals surface area contributed by atoms with Crippen LogP contribution in [0, 0.1) is 0 Å². The molecule has 0 unspecified atom stereocenters. The summed E-state index contributed by atoms with van der Waals surface area (Å²) in [7, 11) is -4.09. The van der Waals surface area contributed by atoms with Crippen molar-refractivity contribution in [1.82, 2.24) is 0 Å². The maximum absolute atomic E-state index is 13.2. The van der Waals surface area contributed by atoms with Crippen LogP contribution in [0.3, 0.4) is 0 Å². The fraction of sp³-hybridized carbons (Fsp3) is 0.0667. The number of nitrogen functional groups attached to an aromatic ring is 1. The number of ketones is 2. The average molecular weight is 570 g/mol. The van der Waals surface area contributed by atoms with E-state index in [1.807, 2.05) is 0 Å². The van der Waals surface area contributed by atoms with Crippen molar-refractivity contribution in [3.63, 3.8) is 0 Å². The number of nitrogens with two attached hydrogens (primary N) is 1. The van der Waals surface area contributed by atoms with E-state index in [4.69, 9.17) is 10.5 Å². The lowest BCUT2D eigenvalue weighted by atomic mass is 9.83. The Hall–Kier alpha value is -5.29. The molecule has 11 heteroatoms. The molecule has 5 rings (SSSR count). The normalized spacial score (nSPS) is 13.0. The van der Waals surface area contributed by atoms with Gasteiger partial charge in [-0.25, -0.2) is 13.2 Å². The molecule has 4 aromatic carbocycles. The van der Waals surface area contributed by atoms with Crippen LogP contribution in [0.5, 0.6) is 0 Å². The largest absolute Gasteiger partial charge is 0.449 e. The molecule has 0 fully saturated rings. The van der Waals surface area contributed by atoms with Gasteiger partial charge in [0.15, 0.2) is 17.7 Å². The van der Waals surface area contributed by atoms with Crippen LogP contribution >= 0.6 is 0 Å². The Balaban J connectivity index is 1.34. The van der Waals surface area contributed by atoms with Crippen LogP contribution in [0.4, 0.5) is 17.1 Å². The number of hydrogen-bond donors (Lipinski definition) is 3. The van der Waals surface area contributed by atoms with E-state index < -0.39 is 33.8 Å². The number of fused-ring (bicyclic) bond motifs is 2. The third kappa shape index (κ3) is 5.30. The van der Waals surface area contributed by atoms with Crippen molar-refractivity contribution < 1.29 is 32.3 Å². The van der Waals surface area contributed by atoms with Crippen LogP contribution in [0.25, 0.3) is 0 Å². The van der Waals surface area contributed by atoms with Gasteiger partial charge in [0.05, 0.1) is 27.4 Å². The van der Waals surface area contributed by atoms with Gasteiger partial charge in [0.1, 0.15) is 0 Å². The SMILES string of the molecule is C[C@H](OC(=O)c1ccccc1NS(=O)(=O)c1cccc(N)c1)C(=O)Nc1cccc2c1C(=O)c1ccccc1C2=O. The molecule has 1 aliphatic rings. The zero-order valence-corrected chi connectivity index (χ0v) is 22.4. The minimum Gasteiger partial charge on any atom is -0.449 e. The van der Waals surface area contributed by atoms with Gasteiger partial charge in [-0.05, 0) is 43.3 Å². The highest BCUT2D eigenvalue weighted by atomic mass is 32.2. The highest BCUT2D eigenvalue weighted by Gasteiger charge is 2.32. The average Bonchev–Trinajstić information content (AvgIpc) is 2.96. The third-order valence-electron chi connectivity index (χ3n) is 6.42. The molecular weight excluding hydrogens is 546 g/mol. The van der Waals surface area contributed by atoms with Crippen molar-refractivity contribution in [2.24, 2.45) is 0 Å². The Morgan fingerprint density at radius 2 is 1.39 bits per heavy atom. The first-order chi connectivity index (χ1) is 19.6. The number of para-hydroxylation sites is 1. The minimum absolute atomic E-state index is 0.0457. The van der Waals surface area contributed by atoms with Gasteiger partial charge in [-0.2, -0.15) is 0 Å². The van der Waals surface area contributed by atoms with Gasteiger partial charge in [0, 0.05) is 22.4 Å². The van der Waals surface area contributed by atoms with E-state index in [-0.39, 0.29) is 55.6 Å². The van der Waals surface area contributed by atoms with E-state index in [2.05, 4.69) is 10.0 Å². The third-order valence-corrected chi connectivity index (χ3v) is 7.79. The molecule has 1 aliphatic carbocycles. The Bertz CT molecular complexity index is 1850. The standard InChI is InChI=1S/C30H23N3O7S/c1-17(29(36)32-25-15-7-13-23-26(25)28(35)21-11-3-2-10-20(21)27(23)34)40-30(37)22-12-4-5-14-24(22)33-41(38,39)19-9-6-8-18(31)16-19/h2-17,33H,31H2,1H3,(H,32,36)/t17-/m0/s1. The van der Waals surface area contributed by atoms with Crippen molar-refractivity contribution in [2.45, 2.75) is 17.9 Å². The smallest absolute Gasteiger partial charge is 0.341 e. The highest BCUT2D eigenvalue weighted by Crippen LogP contribution is 2.32. The predicted molar refractivity (Wildman–Crippen MR) is 151 cm³/mol. The Labute approximate surface area is 235 Å². The van der Waals surface area contributed by atoms with Crippen LogP contribution in [-0.2, 0) is 19.6 Å². The second-order valence-corrected chi connectivity index (χ2v) is 10.9. The van der Waals surface area contributed by atoms with Gasteiger partial charge in [0.2, 0.25) is 0 Å². The second-order valence-electron chi connectivity index (χ2n) is 9.19. The summed E-state index contributed by atoms with van der Waals surface area (Å²) in [4.78, 5) is 52.1. The van der Waals surface area contributed by atoms with Crippen LogP contribution < -0.4 is 15.8 Å². The van der Waals surface area contributed by atoms with Gasteiger partial charge in [-0.3, -0.25) is 19.1 Å². The first kappa shape index (κ1) is 27.3. The number of carbonyl (C=O) groups excluding carboxylic acids is 4. The zero-order chi connectivity index (χ0) is 29.3. The summed E-state index contributed by atoms with van der Waals surface area (Å²) in [6, 6.07) is 22.3. The van der Waals surface area contributed by atoms with E-state index >= 15 is 0 Å². The topological polar surface area (TPSA) is 162 Å². The van der Waals surface area contributed by atoms with Crippen LogP contribution in [0.2, 0.25) is 0 Å². The lowest BCUT2D eigenvalue weighted by molar-refractivity contribution is -0.123.